The fourth-order valence-electron chi connectivity index (χ4n) is 2.77. The van der Waals surface area contributed by atoms with E-state index >= 15 is 0 Å². The summed E-state index contributed by atoms with van der Waals surface area (Å²) in [6.07, 6.45) is 0. The summed E-state index contributed by atoms with van der Waals surface area (Å²) in [5.41, 5.74) is 6.71. The van der Waals surface area contributed by atoms with Crippen molar-refractivity contribution in [2.24, 2.45) is 0 Å². The number of fused-ring (bicyclic) bond motifs is 1. The summed E-state index contributed by atoms with van der Waals surface area (Å²) in [5, 5.41) is 2.10. The Labute approximate surface area is 124 Å². The summed E-state index contributed by atoms with van der Waals surface area (Å²) in [5.74, 6) is -1.87. The van der Waals surface area contributed by atoms with E-state index in [-0.39, 0.29) is 16.9 Å². The normalized spacial score (nSPS) is 13.2. The van der Waals surface area contributed by atoms with Crippen molar-refractivity contribution in [1.29, 1.82) is 0 Å². The topological polar surface area (TPSA) is 94.2 Å². The quantitative estimate of drug-likeness (QED) is 0.770. The number of hydrogen-bond acceptors (Lipinski definition) is 4. The first kappa shape index (κ1) is 14.0. The van der Waals surface area contributed by atoms with E-state index in [0.717, 1.165) is 10.6 Å². The molecule has 1 aromatic carbocycles. The number of carbonyl (C=O) groups is 2. The molecule has 0 atom stereocenters. The Balaban J connectivity index is 2.40. The summed E-state index contributed by atoms with van der Waals surface area (Å²) in [6, 6.07) is 3.60. The van der Waals surface area contributed by atoms with Gasteiger partial charge in [0.2, 0.25) is 0 Å². The number of carbonyl (C=O) groups excluding carboxylic acids is 2. The van der Waals surface area contributed by atoms with Crippen LogP contribution in [-0.4, -0.2) is 16.4 Å². The zero-order chi connectivity index (χ0) is 16.2. The van der Waals surface area contributed by atoms with Crippen LogP contribution >= 0.6 is 0 Å². The van der Waals surface area contributed by atoms with Crippen LogP contribution in [0.15, 0.2) is 23.0 Å². The smallest absolute Gasteiger partial charge is 0.262 e. The van der Waals surface area contributed by atoms with E-state index in [1.807, 2.05) is 0 Å². The monoisotopic (exact) mass is 301 g/mol. The first-order valence-electron chi connectivity index (χ1n) is 6.49. The van der Waals surface area contributed by atoms with Gasteiger partial charge < -0.3 is 5.73 Å². The first-order valence-corrected chi connectivity index (χ1v) is 6.49. The molecule has 6 nitrogen and oxygen atoms in total. The van der Waals surface area contributed by atoms with Gasteiger partial charge in [-0.15, -0.1) is 0 Å². The maximum Gasteiger partial charge on any atom is 0.262 e. The standard InChI is InChI=1S/C15H12FN3O3/c1-6-3-8(16)4-7(2)12(6)19-10(20)5-9-11(13(19)17)15(22)18-14(9)21/h3-5H,17H2,1-2H3,(H,18,21,22). The van der Waals surface area contributed by atoms with E-state index in [0.29, 0.717) is 16.8 Å². The highest BCUT2D eigenvalue weighted by Gasteiger charge is 2.32. The van der Waals surface area contributed by atoms with Crippen LogP contribution in [0.5, 0.6) is 0 Å². The molecule has 2 aromatic rings. The molecule has 0 bridgehead atoms. The third kappa shape index (κ3) is 1.82. The Morgan fingerprint density at radius 3 is 2.23 bits per heavy atom. The summed E-state index contributed by atoms with van der Waals surface area (Å²) in [7, 11) is 0. The van der Waals surface area contributed by atoms with Gasteiger partial charge in [0.25, 0.3) is 17.4 Å². The van der Waals surface area contributed by atoms with Gasteiger partial charge in [0.05, 0.1) is 16.8 Å². The van der Waals surface area contributed by atoms with Crippen molar-refractivity contribution < 1.29 is 14.0 Å². The minimum atomic E-state index is -0.650. The van der Waals surface area contributed by atoms with Crippen molar-refractivity contribution in [2.45, 2.75) is 13.8 Å². The van der Waals surface area contributed by atoms with Crippen molar-refractivity contribution in [3.8, 4) is 5.69 Å². The third-order valence-corrected chi connectivity index (χ3v) is 3.63. The number of aryl methyl sites for hydroxylation is 2. The van der Waals surface area contributed by atoms with Gasteiger partial charge in [0, 0.05) is 6.07 Å². The molecule has 0 radical (unpaired) electrons. The summed E-state index contributed by atoms with van der Waals surface area (Å²) in [4.78, 5) is 35.8. The molecule has 7 heteroatoms. The van der Waals surface area contributed by atoms with Crippen molar-refractivity contribution in [1.82, 2.24) is 9.88 Å². The molecular formula is C15H12FN3O3. The van der Waals surface area contributed by atoms with Gasteiger partial charge in [-0.05, 0) is 37.1 Å². The predicted molar refractivity (Wildman–Crippen MR) is 77.7 cm³/mol. The maximum atomic E-state index is 13.4. The van der Waals surface area contributed by atoms with Crippen LogP contribution in [0, 0.1) is 19.7 Å². The number of amides is 2. The van der Waals surface area contributed by atoms with Crippen molar-refractivity contribution in [3.05, 3.63) is 56.6 Å². The molecule has 0 spiro atoms. The van der Waals surface area contributed by atoms with Gasteiger partial charge in [-0.3, -0.25) is 24.3 Å². The Bertz CT molecular complexity index is 892. The fourth-order valence-corrected chi connectivity index (χ4v) is 2.77. The van der Waals surface area contributed by atoms with Crippen LogP contribution in [0.25, 0.3) is 5.69 Å². The number of benzene rings is 1. The first-order chi connectivity index (χ1) is 10.3. The second-order valence-electron chi connectivity index (χ2n) is 5.16. The second-order valence-corrected chi connectivity index (χ2v) is 5.16. The van der Waals surface area contributed by atoms with Crippen molar-refractivity contribution in [2.75, 3.05) is 5.73 Å². The molecule has 2 heterocycles. The average molecular weight is 301 g/mol. The Kier molecular flexibility index (Phi) is 2.88. The molecule has 2 amide bonds. The molecule has 3 rings (SSSR count). The molecule has 1 aliphatic heterocycles. The number of rotatable bonds is 1. The van der Waals surface area contributed by atoms with E-state index in [1.165, 1.54) is 12.1 Å². The Morgan fingerprint density at radius 1 is 1.05 bits per heavy atom. The van der Waals surface area contributed by atoms with E-state index < -0.39 is 23.2 Å². The van der Waals surface area contributed by atoms with E-state index in [2.05, 4.69) is 5.32 Å². The number of aromatic nitrogens is 1. The van der Waals surface area contributed by atoms with Gasteiger partial charge in [-0.25, -0.2) is 4.39 Å². The van der Waals surface area contributed by atoms with Crippen LogP contribution < -0.4 is 16.6 Å². The van der Waals surface area contributed by atoms with Gasteiger partial charge in [-0.1, -0.05) is 0 Å². The molecule has 0 unspecified atom stereocenters. The predicted octanol–water partition coefficient (Wildman–Crippen LogP) is 1.06. The number of nitrogens with zero attached hydrogens (tertiary/aromatic N) is 1. The molecule has 22 heavy (non-hydrogen) atoms. The van der Waals surface area contributed by atoms with E-state index in [9.17, 15) is 18.8 Å². The number of halogens is 1. The lowest BCUT2D eigenvalue weighted by Gasteiger charge is -2.16. The average Bonchev–Trinajstić information content (AvgIpc) is 2.67. The minimum absolute atomic E-state index is 0.0345. The third-order valence-electron chi connectivity index (χ3n) is 3.63. The number of anilines is 1. The van der Waals surface area contributed by atoms with Crippen LogP contribution in [0.1, 0.15) is 31.8 Å². The fraction of sp³-hybridized carbons (Fsp3) is 0.133. The minimum Gasteiger partial charge on any atom is -0.384 e. The van der Waals surface area contributed by atoms with Gasteiger partial charge >= 0.3 is 0 Å². The SMILES string of the molecule is Cc1cc(F)cc(C)c1-n1c(N)c2c(cc1=O)C(=O)NC2=O. The molecule has 112 valence electrons. The zero-order valence-corrected chi connectivity index (χ0v) is 11.9. The van der Waals surface area contributed by atoms with Crippen molar-refractivity contribution >= 4 is 17.6 Å². The Morgan fingerprint density at radius 2 is 1.64 bits per heavy atom. The summed E-state index contributed by atoms with van der Waals surface area (Å²) >= 11 is 0. The zero-order valence-electron chi connectivity index (χ0n) is 11.9. The maximum absolute atomic E-state index is 13.4. The highest BCUT2D eigenvalue weighted by atomic mass is 19.1. The van der Waals surface area contributed by atoms with Gasteiger partial charge in [0.1, 0.15) is 11.6 Å². The second kappa shape index (κ2) is 4.52. The van der Waals surface area contributed by atoms with Gasteiger partial charge in [0.15, 0.2) is 0 Å². The number of imide groups is 1. The number of nitrogens with two attached hydrogens (primary N) is 1. The molecule has 0 saturated heterocycles. The molecular weight excluding hydrogens is 289 g/mol. The highest BCUT2D eigenvalue weighted by molar-refractivity contribution is 6.23. The number of hydrogen-bond donors (Lipinski definition) is 2. The largest absolute Gasteiger partial charge is 0.384 e. The highest BCUT2D eigenvalue weighted by Crippen LogP contribution is 2.26. The van der Waals surface area contributed by atoms with Crippen LogP contribution in [0.4, 0.5) is 10.2 Å². The number of nitrogen functional groups attached to an aromatic ring is 1. The molecule has 0 fully saturated rings. The van der Waals surface area contributed by atoms with E-state index in [4.69, 9.17) is 5.73 Å². The molecule has 0 saturated carbocycles. The Hall–Kier alpha value is -2.96. The van der Waals surface area contributed by atoms with E-state index in [1.54, 1.807) is 13.8 Å². The summed E-state index contributed by atoms with van der Waals surface area (Å²) in [6.45, 7) is 3.27. The molecule has 1 aliphatic rings. The number of pyridine rings is 1. The molecule has 1 aromatic heterocycles. The number of nitrogens with one attached hydrogen (secondary N) is 1. The molecule has 3 N–H and O–H groups in total. The van der Waals surface area contributed by atoms with Crippen LogP contribution in [0.3, 0.4) is 0 Å². The summed E-state index contributed by atoms with van der Waals surface area (Å²) < 4.78 is 14.6. The van der Waals surface area contributed by atoms with Gasteiger partial charge in [-0.2, -0.15) is 0 Å². The lowest BCUT2D eigenvalue weighted by Crippen LogP contribution is -2.25. The van der Waals surface area contributed by atoms with Crippen LogP contribution in [0.2, 0.25) is 0 Å². The van der Waals surface area contributed by atoms with Crippen molar-refractivity contribution in [3.63, 3.8) is 0 Å². The lowest BCUT2D eigenvalue weighted by molar-refractivity contribution is 0.0880. The lowest BCUT2D eigenvalue weighted by atomic mass is 10.1. The molecule has 0 aliphatic carbocycles. The van der Waals surface area contributed by atoms with Crippen LogP contribution in [-0.2, 0) is 0 Å².